The van der Waals surface area contributed by atoms with Crippen molar-refractivity contribution in [3.8, 4) is 0 Å². The monoisotopic (exact) mass is 285 g/mol. The van der Waals surface area contributed by atoms with E-state index in [2.05, 4.69) is 48.6 Å². The maximum Gasteiger partial charge on any atom is 0.0406 e. The van der Waals surface area contributed by atoms with E-state index in [1.807, 2.05) is 12.1 Å². The minimum atomic E-state index is 0.337. The van der Waals surface area contributed by atoms with Gasteiger partial charge < -0.3 is 5.32 Å². The molecule has 0 aromatic heterocycles. The highest BCUT2D eigenvalue weighted by Gasteiger charge is 2.21. The van der Waals surface area contributed by atoms with Crippen LogP contribution in [-0.2, 0) is 6.42 Å². The standard InChI is InChI=1S/C18H20ClN/c1-13(14-9-11-16(19)12-10-14)20-18-8-4-6-15-5-2-3-7-17(15)18/h2-3,5,7,9-13,18,20H,4,6,8H2,1H3. The Bertz CT molecular complexity index is 576. The second-order valence-electron chi connectivity index (χ2n) is 5.58. The molecule has 0 heterocycles. The molecule has 1 aliphatic rings. The molecule has 0 aliphatic heterocycles. The van der Waals surface area contributed by atoms with Gasteiger partial charge in [0, 0.05) is 17.1 Å². The van der Waals surface area contributed by atoms with Crippen LogP contribution in [0.3, 0.4) is 0 Å². The van der Waals surface area contributed by atoms with Gasteiger partial charge in [0.15, 0.2) is 0 Å². The van der Waals surface area contributed by atoms with Gasteiger partial charge in [0.25, 0.3) is 0 Å². The highest BCUT2D eigenvalue weighted by molar-refractivity contribution is 6.30. The van der Waals surface area contributed by atoms with Crippen LogP contribution in [0, 0.1) is 0 Å². The fraction of sp³-hybridized carbons (Fsp3) is 0.333. The predicted octanol–water partition coefficient (Wildman–Crippen LogP) is 5.07. The molecule has 0 saturated heterocycles. The van der Waals surface area contributed by atoms with Gasteiger partial charge in [-0.05, 0) is 55.0 Å². The number of aryl methyl sites for hydroxylation is 1. The van der Waals surface area contributed by atoms with Crippen molar-refractivity contribution in [3.63, 3.8) is 0 Å². The first-order valence-corrected chi connectivity index (χ1v) is 7.71. The van der Waals surface area contributed by atoms with Gasteiger partial charge in [-0.25, -0.2) is 0 Å². The number of rotatable bonds is 3. The maximum absolute atomic E-state index is 5.95. The number of fused-ring (bicyclic) bond motifs is 1. The Morgan fingerprint density at radius 2 is 1.85 bits per heavy atom. The van der Waals surface area contributed by atoms with Gasteiger partial charge in [0.1, 0.15) is 0 Å². The summed E-state index contributed by atoms with van der Waals surface area (Å²) in [5.41, 5.74) is 4.26. The Morgan fingerprint density at radius 3 is 2.65 bits per heavy atom. The molecule has 1 aliphatic carbocycles. The molecule has 2 atom stereocenters. The van der Waals surface area contributed by atoms with Crippen LogP contribution < -0.4 is 5.32 Å². The number of hydrogen-bond acceptors (Lipinski definition) is 1. The van der Waals surface area contributed by atoms with Gasteiger partial charge in [-0.1, -0.05) is 48.0 Å². The van der Waals surface area contributed by atoms with Crippen LogP contribution in [0.25, 0.3) is 0 Å². The second kappa shape index (κ2) is 5.99. The van der Waals surface area contributed by atoms with Crippen molar-refractivity contribution < 1.29 is 0 Å². The van der Waals surface area contributed by atoms with E-state index in [-0.39, 0.29) is 0 Å². The van der Waals surface area contributed by atoms with E-state index in [0.717, 1.165) is 5.02 Å². The summed E-state index contributed by atoms with van der Waals surface area (Å²) in [5.74, 6) is 0. The van der Waals surface area contributed by atoms with Gasteiger partial charge in [-0.3, -0.25) is 0 Å². The molecule has 104 valence electrons. The number of benzene rings is 2. The maximum atomic E-state index is 5.95. The first kappa shape index (κ1) is 13.7. The minimum absolute atomic E-state index is 0.337. The molecule has 3 rings (SSSR count). The van der Waals surface area contributed by atoms with Crippen molar-refractivity contribution in [2.45, 2.75) is 38.3 Å². The molecule has 2 unspecified atom stereocenters. The molecule has 0 amide bonds. The van der Waals surface area contributed by atoms with Crippen LogP contribution in [0.2, 0.25) is 5.02 Å². The largest absolute Gasteiger partial charge is 0.303 e. The van der Waals surface area contributed by atoms with Crippen LogP contribution in [0.5, 0.6) is 0 Å². The summed E-state index contributed by atoms with van der Waals surface area (Å²) in [7, 11) is 0. The van der Waals surface area contributed by atoms with Crippen molar-refractivity contribution in [2.75, 3.05) is 0 Å². The van der Waals surface area contributed by atoms with Crippen molar-refractivity contribution >= 4 is 11.6 Å². The molecular weight excluding hydrogens is 266 g/mol. The molecule has 0 radical (unpaired) electrons. The summed E-state index contributed by atoms with van der Waals surface area (Å²) in [6.45, 7) is 2.22. The SMILES string of the molecule is CC(NC1CCCc2ccccc21)c1ccc(Cl)cc1. The van der Waals surface area contributed by atoms with E-state index < -0.39 is 0 Å². The van der Waals surface area contributed by atoms with Gasteiger partial charge in [0.05, 0.1) is 0 Å². The fourth-order valence-corrected chi connectivity index (χ4v) is 3.20. The number of hydrogen-bond donors (Lipinski definition) is 1. The van der Waals surface area contributed by atoms with E-state index in [1.54, 1.807) is 0 Å². The van der Waals surface area contributed by atoms with Crippen molar-refractivity contribution in [3.05, 3.63) is 70.2 Å². The van der Waals surface area contributed by atoms with Gasteiger partial charge in [-0.15, -0.1) is 0 Å². The van der Waals surface area contributed by atoms with E-state index >= 15 is 0 Å². The third-order valence-electron chi connectivity index (χ3n) is 4.19. The molecule has 1 nitrogen and oxygen atoms in total. The lowest BCUT2D eigenvalue weighted by atomic mass is 9.87. The lowest BCUT2D eigenvalue weighted by molar-refractivity contribution is 0.415. The molecule has 0 spiro atoms. The Morgan fingerprint density at radius 1 is 1.10 bits per heavy atom. The third kappa shape index (κ3) is 2.89. The zero-order chi connectivity index (χ0) is 13.9. The molecule has 2 aromatic rings. The summed E-state index contributed by atoms with van der Waals surface area (Å²) >= 11 is 5.95. The quantitative estimate of drug-likeness (QED) is 0.830. The highest BCUT2D eigenvalue weighted by Crippen LogP contribution is 2.31. The van der Waals surface area contributed by atoms with Crippen LogP contribution in [0.1, 0.15) is 48.5 Å². The van der Waals surface area contributed by atoms with Crippen LogP contribution in [0.15, 0.2) is 48.5 Å². The Hall–Kier alpha value is -1.31. The van der Waals surface area contributed by atoms with E-state index in [9.17, 15) is 0 Å². The predicted molar refractivity (Wildman–Crippen MR) is 85.1 cm³/mol. The molecule has 0 fully saturated rings. The number of nitrogens with one attached hydrogen (secondary N) is 1. The minimum Gasteiger partial charge on any atom is -0.303 e. The molecule has 2 heteroatoms. The van der Waals surface area contributed by atoms with Crippen LogP contribution >= 0.6 is 11.6 Å². The summed E-state index contributed by atoms with van der Waals surface area (Å²) < 4.78 is 0. The molecule has 0 saturated carbocycles. The van der Waals surface area contributed by atoms with E-state index in [1.165, 1.54) is 36.0 Å². The van der Waals surface area contributed by atoms with Crippen LogP contribution in [0.4, 0.5) is 0 Å². The first-order valence-electron chi connectivity index (χ1n) is 7.33. The lowest BCUT2D eigenvalue weighted by Crippen LogP contribution is -2.27. The Labute approximate surface area is 126 Å². The normalized spacial score (nSPS) is 19.4. The average molecular weight is 286 g/mol. The zero-order valence-corrected chi connectivity index (χ0v) is 12.5. The molecule has 2 aromatic carbocycles. The van der Waals surface area contributed by atoms with Crippen LogP contribution in [-0.4, -0.2) is 0 Å². The molecular formula is C18H20ClN. The summed E-state index contributed by atoms with van der Waals surface area (Å²) in [6.07, 6.45) is 3.70. The molecule has 20 heavy (non-hydrogen) atoms. The number of halogens is 1. The Balaban J connectivity index is 1.77. The van der Waals surface area contributed by atoms with E-state index in [4.69, 9.17) is 11.6 Å². The third-order valence-corrected chi connectivity index (χ3v) is 4.44. The fourth-order valence-electron chi connectivity index (χ4n) is 3.08. The van der Waals surface area contributed by atoms with Gasteiger partial charge >= 0.3 is 0 Å². The molecule has 1 N–H and O–H groups in total. The highest BCUT2D eigenvalue weighted by atomic mass is 35.5. The van der Waals surface area contributed by atoms with Gasteiger partial charge in [0.2, 0.25) is 0 Å². The van der Waals surface area contributed by atoms with Crippen molar-refractivity contribution in [1.82, 2.24) is 5.32 Å². The topological polar surface area (TPSA) is 12.0 Å². The summed E-state index contributed by atoms with van der Waals surface area (Å²) in [5, 5.41) is 4.56. The summed E-state index contributed by atoms with van der Waals surface area (Å²) in [4.78, 5) is 0. The molecule has 0 bridgehead atoms. The summed E-state index contributed by atoms with van der Waals surface area (Å²) in [6, 6.07) is 17.7. The Kier molecular flexibility index (Phi) is 4.09. The lowest BCUT2D eigenvalue weighted by Gasteiger charge is -2.29. The second-order valence-corrected chi connectivity index (χ2v) is 6.02. The average Bonchev–Trinajstić information content (AvgIpc) is 2.48. The van der Waals surface area contributed by atoms with E-state index in [0.29, 0.717) is 12.1 Å². The first-order chi connectivity index (χ1) is 9.74. The smallest absolute Gasteiger partial charge is 0.0406 e. The zero-order valence-electron chi connectivity index (χ0n) is 11.8. The van der Waals surface area contributed by atoms with Gasteiger partial charge in [-0.2, -0.15) is 0 Å². The van der Waals surface area contributed by atoms with Crippen molar-refractivity contribution in [2.24, 2.45) is 0 Å². The van der Waals surface area contributed by atoms with Crippen molar-refractivity contribution in [1.29, 1.82) is 0 Å².